The summed E-state index contributed by atoms with van der Waals surface area (Å²) in [4.78, 5) is 25.0. The molecule has 2 fully saturated rings. The number of hydrogen-bond acceptors (Lipinski definition) is 9. The number of hydrogen-bond donors (Lipinski definition) is 2. The number of rotatable bonds is 8. The van der Waals surface area contributed by atoms with E-state index in [1.54, 1.807) is 23.5 Å². The van der Waals surface area contributed by atoms with E-state index in [-0.39, 0.29) is 17.2 Å². The first kappa shape index (κ1) is 42.9. The number of β-amino-alcohol motifs (C(OH)–C–C–N with tert-alkyl or cyclic N) is 1. The number of thiophene rings is 1. The minimum absolute atomic E-state index is 0.0882. The van der Waals surface area contributed by atoms with Gasteiger partial charge in [-0.05, 0) is 130 Å². The molecule has 6 aromatic rings. The number of allylic oxidation sites excluding steroid dienone is 1. The van der Waals surface area contributed by atoms with Gasteiger partial charge in [0, 0.05) is 73.2 Å². The highest BCUT2D eigenvalue weighted by Crippen LogP contribution is 2.43. The number of nitrogens with zero attached hydrogens (tertiary/aromatic N) is 7. The zero-order valence-electron chi connectivity index (χ0n) is 37.2. The van der Waals surface area contributed by atoms with Gasteiger partial charge in [-0.2, -0.15) is 0 Å². The highest BCUT2D eigenvalue weighted by molar-refractivity contribution is 7.15. The number of carboxylic acids is 1. The van der Waals surface area contributed by atoms with Gasteiger partial charge in [0.2, 0.25) is 0 Å². The molecule has 334 valence electrons. The molecule has 0 bridgehead atoms. The lowest BCUT2D eigenvalue weighted by Gasteiger charge is -2.44. The number of carbonyl (C=O) groups is 1. The molecule has 2 saturated heterocycles. The summed E-state index contributed by atoms with van der Waals surface area (Å²) in [6.45, 7) is 12.8. The van der Waals surface area contributed by atoms with E-state index in [0.717, 1.165) is 75.4 Å². The molecule has 2 N–H and O–H groups in total. The van der Waals surface area contributed by atoms with E-state index in [1.807, 2.05) is 42.2 Å². The molecule has 0 amide bonds. The number of piperazine rings is 1. The summed E-state index contributed by atoms with van der Waals surface area (Å²) < 4.78 is 35.3. The van der Waals surface area contributed by atoms with Crippen LogP contribution in [0.1, 0.15) is 104 Å². The van der Waals surface area contributed by atoms with Crippen LogP contribution in [0.3, 0.4) is 0 Å². The van der Waals surface area contributed by atoms with Crippen LogP contribution < -0.4 is 9.80 Å². The number of aryl methyl sites for hydroxylation is 3. The maximum absolute atomic E-state index is 16.6. The largest absolute Gasteiger partial charge is 0.478 e. The fourth-order valence-electron chi connectivity index (χ4n) is 10.3. The fourth-order valence-corrected chi connectivity index (χ4v) is 11.6. The lowest BCUT2D eigenvalue weighted by molar-refractivity contribution is -0.0173. The maximum Gasteiger partial charge on any atom is 0.335 e. The molecule has 0 spiro atoms. The van der Waals surface area contributed by atoms with Gasteiger partial charge in [-0.3, -0.25) is 14.5 Å². The Morgan fingerprint density at radius 2 is 1.49 bits per heavy atom. The second-order valence-corrected chi connectivity index (χ2v) is 19.3. The molecular weight excluding hydrogens is 841 g/mol. The summed E-state index contributed by atoms with van der Waals surface area (Å²) in [5, 5.41) is 31.5. The van der Waals surface area contributed by atoms with Crippen molar-refractivity contribution < 1.29 is 23.8 Å². The Bertz CT molecular complexity index is 2850. The van der Waals surface area contributed by atoms with Crippen molar-refractivity contribution in [3.63, 3.8) is 0 Å². The zero-order chi connectivity index (χ0) is 45.1. The number of aliphatic hydroxyl groups is 1. The summed E-state index contributed by atoms with van der Waals surface area (Å²) >= 11 is 1.76. The molecule has 1 atom stereocenters. The van der Waals surface area contributed by atoms with Gasteiger partial charge >= 0.3 is 5.97 Å². The SMILES string of the molecule is Cc1sc2c(c1C)C(c1ccc(N3CCC(O)(CN4CCN(c5cc(F)c(C6=C(c7ccccc7)CCCc7cc(C(=O)O)ccc76)c(F)c5)CC4)CC3)cc1)=N[C@@H](C)c1nnc(C)n1-2. The molecule has 4 aromatic carbocycles. The smallest absolute Gasteiger partial charge is 0.335 e. The Kier molecular flexibility index (Phi) is 11.3. The third-order valence-corrected chi connectivity index (χ3v) is 15.2. The molecule has 3 aliphatic heterocycles. The predicted octanol–water partition coefficient (Wildman–Crippen LogP) is 9.59. The molecular formula is C52H53F2N7O3S. The second-order valence-electron chi connectivity index (χ2n) is 18.1. The minimum Gasteiger partial charge on any atom is -0.478 e. The number of aromatic carboxylic acids is 1. The van der Waals surface area contributed by atoms with Gasteiger partial charge in [0.1, 0.15) is 28.5 Å². The van der Waals surface area contributed by atoms with Crippen molar-refractivity contribution in [2.75, 3.05) is 55.6 Å². The number of halogens is 2. The summed E-state index contributed by atoms with van der Waals surface area (Å²) in [5.74, 6) is -0.614. The molecule has 10 nitrogen and oxygen atoms in total. The Labute approximate surface area is 382 Å². The predicted molar refractivity (Wildman–Crippen MR) is 254 cm³/mol. The van der Waals surface area contributed by atoms with Crippen molar-refractivity contribution in [3.05, 3.63) is 158 Å². The van der Waals surface area contributed by atoms with E-state index in [1.165, 1.54) is 28.6 Å². The van der Waals surface area contributed by atoms with Crippen LogP contribution >= 0.6 is 11.3 Å². The van der Waals surface area contributed by atoms with Gasteiger partial charge < -0.3 is 20.0 Å². The Morgan fingerprint density at radius 3 is 2.18 bits per heavy atom. The summed E-state index contributed by atoms with van der Waals surface area (Å²) in [5.41, 5.74) is 8.88. The lowest BCUT2D eigenvalue weighted by Crippen LogP contribution is -2.55. The number of fused-ring (bicyclic) bond motifs is 4. The molecule has 2 aromatic heterocycles. The van der Waals surface area contributed by atoms with E-state index >= 15 is 8.78 Å². The van der Waals surface area contributed by atoms with Crippen molar-refractivity contribution in [2.45, 2.75) is 71.4 Å². The van der Waals surface area contributed by atoms with Crippen molar-refractivity contribution in [1.82, 2.24) is 19.7 Å². The van der Waals surface area contributed by atoms with Crippen LogP contribution in [0.15, 0.2) is 89.9 Å². The van der Waals surface area contributed by atoms with Gasteiger partial charge in [0.05, 0.1) is 22.4 Å². The monoisotopic (exact) mass is 893 g/mol. The molecule has 0 radical (unpaired) electrons. The molecule has 0 saturated carbocycles. The van der Waals surface area contributed by atoms with Crippen LogP contribution in [0.25, 0.3) is 16.1 Å². The highest BCUT2D eigenvalue weighted by Gasteiger charge is 2.36. The first-order valence-electron chi connectivity index (χ1n) is 22.7. The Hall–Kier alpha value is -6.02. The summed E-state index contributed by atoms with van der Waals surface area (Å²) in [6.07, 6.45) is 3.18. The average molecular weight is 894 g/mol. The molecule has 65 heavy (non-hydrogen) atoms. The van der Waals surface area contributed by atoms with E-state index in [9.17, 15) is 15.0 Å². The van der Waals surface area contributed by atoms with Crippen LogP contribution in [0.4, 0.5) is 20.2 Å². The van der Waals surface area contributed by atoms with Crippen LogP contribution in [0.5, 0.6) is 0 Å². The number of benzene rings is 4. The topological polar surface area (TPSA) is 110 Å². The van der Waals surface area contributed by atoms with Gasteiger partial charge in [0.25, 0.3) is 0 Å². The Balaban J connectivity index is 0.800. The third-order valence-electron chi connectivity index (χ3n) is 14.0. The number of piperidine rings is 1. The van der Waals surface area contributed by atoms with Crippen molar-refractivity contribution >= 4 is 45.5 Å². The van der Waals surface area contributed by atoms with Gasteiger partial charge in [0.15, 0.2) is 5.82 Å². The van der Waals surface area contributed by atoms with Crippen molar-refractivity contribution in [1.29, 1.82) is 0 Å². The highest BCUT2D eigenvalue weighted by atomic mass is 32.1. The zero-order valence-corrected chi connectivity index (χ0v) is 38.1. The lowest BCUT2D eigenvalue weighted by atomic mass is 9.86. The molecule has 0 unspecified atom stereocenters. The first-order valence-corrected chi connectivity index (χ1v) is 23.5. The summed E-state index contributed by atoms with van der Waals surface area (Å²) in [6, 6.07) is 25.9. The van der Waals surface area contributed by atoms with Crippen LogP contribution in [0.2, 0.25) is 0 Å². The number of carboxylic acid groups (broad SMARTS) is 1. The first-order chi connectivity index (χ1) is 31.4. The normalized spacial score (nSPS) is 18.7. The van der Waals surface area contributed by atoms with E-state index in [0.29, 0.717) is 75.2 Å². The Morgan fingerprint density at radius 1 is 0.800 bits per heavy atom. The number of aliphatic imine (C=N–C) groups is 1. The molecule has 13 heteroatoms. The summed E-state index contributed by atoms with van der Waals surface area (Å²) in [7, 11) is 0. The van der Waals surface area contributed by atoms with Crippen LogP contribution in [0, 0.1) is 32.4 Å². The van der Waals surface area contributed by atoms with Crippen LogP contribution in [-0.2, 0) is 6.42 Å². The van der Waals surface area contributed by atoms with E-state index in [2.05, 4.69) is 69.6 Å². The van der Waals surface area contributed by atoms with Gasteiger partial charge in [-0.25, -0.2) is 13.6 Å². The molecule has 5 heterocycles. The molecule has 10 rings (SSSR count). The van der Waals surface area contributed by atoms with Crippen molar-refractivity contribution in [3.8, 4) is 5.00 Å². The quantitative estimate of drug-likeness (QED) is 0.156. The van der Waals surface area contributed by atoms with Crippen LogP contribution in [-0.4, -0.2) is 93.0 Å². The van der Waals surface area contributed by atoms with Gasteiger partial charge in [-0.1, -0.05) is 48.5 Å². The third kappa shape index (κ3) is 7.97. The van der Waals surface area contributed by atoms with Crippen molar-refractivity contribution in [2.24, 2.45) is 4.99 Å². The fraction of sp³-hybridized carbons (Fsp3) is 0.346. The number of anilines is 2. The van der Waals surface area contributed by atoms with E-state index in [4.69, 9.17) is 4.99 Å². The van der Waals surface area contributed by atoms with E-state index < -0.39 is 23.2 Å². The minimum atomic E-state index is -1.03. The maximum atomic E-state index is 16.6. The molecule has 1 aliphatic carbocycles. The number of aromatic nitrogens is 3. The molecule has 4 aliphatic rings. The average Bonchev–Trinajstić information content (AvgIpc) is 3.71. The second kappa shape index (κ2) is 17.1. The van der Waals surface area contributed by atoms with Gasteiger partial charge in [-0.15, -0.1) is 21.5 Å². The standard InChI is InChI=1S/C52H53F2N7O3S/c1-31-33(3)65-50-45(31)48(55-32(2)49-57-56-34(4)61(49)50)36-13-16-39(17-14-36)59-21-19-52(64,20-22-59)30-58-23-25-60(26-24-58)40-28-43(53)47(44(54)29-40)46-41(35-9-6-5-7-10-35)12-8-11-37-27-38(51(62)63)15-18-42(37)46/h5-7,9-10,13-18,27-29,32,64H,8,11-12,19-26,30H2,1-4H3,(H,62,63)/t32-/m0/s1.